The zero-order valence-electron chi connectivity index (χ0n) is 17.3. The first-order valence-electron chi connectivity index (χ1n) is 10.3. The molecule has 0 atom stereocenters. The highest BCUT2D eigenvalue weighted by molar-refractivity contribution is 7.89. The minimum Gasteiger partial charge on any atom is -0.376 e. The number of rotatable bonds is 6. The van der Waals surface area contributed by atoms with Crippen molar-refractivity contribution in [2.24, 2.45) is 0 Å². The summed E-state index contributed by atoms with van der Waals surface area (Å²) < 4.78 is 40.9. The van der Waals surface area contributed by atoms with Gasteiger partial charge < -0.3 is 10.2 Å². The molecular formula is C21H23FN4O5S. The maximum atomic E-state index is 13.4. The number of nitrogens with one attached hydrogen (secondary N) is 1. The second-order valence-electron chi connectivity index (χ2n) is 7.85. The van der Waals surface area contributed by atoms with Crippen LogP contribution >= 0.6 is 0 Å². The van der Waals surface area contributed by atoms with Crippen LogP contribution in [0.15, 0.2) is 41.3 Å². The van der Waals surface area contributed by atoms with Gasteiger partial charge in [0.25, 0.3) is 0 Å². The Morgan fingerprint density at radius 1 is 1.06 bits per heavy atom. The third kappa shape index (κ3) is 4.44. The molecule has 1 heterocycles. The molecule has 4 rings (SSSR count). The average Bonchev–Trinajstić information content (AvgIpc) is 3.26. The normalized spacial score (nSPS) is 16.6. The Labute approximate surface area is 185 Å². The molecule has 1 aliphatic heterocycles. The molecule has 1 amide bonds. The van der Waals surface area contributed by atoms with Crippen molar-refractivity contribution < 1.29 is 22.5 Å². The zero-order valence-corrected chi connectivity index (χ0v) is 18.1. The van der Waals surface area contributed by atoms with Crippen molar-refractivity contribution in [3.05, 3.63) is 63.5 Å². The van der Waals surface area contributed by atoms with Crippen LogP contribution in [0.25, 0.3) is 0 Å². The van der Waals surface area contributed by atoms with Gasteiger partial charge in [-0.25, -0.2) is 8.42 Å². The lowest BCUT2D eigenvalue weighted by molar-refractivity contribution is -0.387. The summed E-state index contributed by atoms with van der Waals surface area (Å²) in [5, 5.41) is 13.6. The van der Waals surface area contributed by atoms with Crippen LogP contribution in [0.4, 0.5) is 15.8 Å². The molecule has 1 aliphatic carbocycles. The van der Waals surface area contributed by atoms with Crippen molar-refractivity contribution in [1.29, 1.82) is 0 Å². The number of fused-ring (bicyclic) bond motifs is 1. The lowest BCUT2D eigenvalue weighted by atomic mass is 10.1. The number of hydrogen-bond donors (Lipinski definition) is 1. The number of anilines is 1. The molecule has 2 aliphatic rings. The predicted octanol–water partition coefficient (Wildman–Crippen LogP) is 2.17. The number of benzene rings is 2. The molecule has 0 bridgehead atoms. The number of halogens is 1. The molecule has 0 aromatic heterocycles. The number of nitro groups is 1. The highest BCUT2D eigenvalue weighted by Gasteiger charge is 2.30. The van der Waals surface area contributed by atoms with Crippen molar-refractivity contribution in [1.82, 2.24) is 9.21 Å². The second-order valence-corrected chi connectivity index (χ2v) is 9.78. The first-order valence-corrected chi connectivity index (χ1v) is 11.8. The quantitative estimate of drug-likeness (QED) is 0.520. The number of nitro benzene ring substituents is 1. The highest BCUT2D eigenvalue weighted by atomic mass is 32.2. The Morgan fingerprint density at radius 2 is 1.78 bits per heavy atom. The van der Waals surface area contributed by atoms with Crippen molar-refractivity contribution in [3.63, 3.8) is 0 Å². The third-order valence-electron chi connectivity index (χ3n) is 5.89. The Balaban J connectivity index is 1.34. The van der Waals surface area contributed by atoms with E-state index in [1.54, 1.807) is 17.0 Å². The summed E-state index contributed by atoms with van der Waals surface area (Å²) in [6.45, 7) is 0.725. The van der Waals surface area contributed by atoms with E-state index in [-0.39, 0.29) is 49.2 Å². The van der Waals surface area contributed by atoms with E-state index in [0.29, 0.717) is 0 Å². The fraction of sp³-hybridized carbons (Fsp3) is 0.381. The van der Waals surface area contributed by atoms with Gasteiger partial charge in [-0.3, -0.25) is 14.9 Å². The lowest BCUT2D eigenvalue weighted by Gasteiger charge is -2.34. The molecule has 32 heavy (non-hydrogen) atoms. The van der Waals surface area contributed by atoms with Crippen molar-refractivity contribution in [2.45, 2.75) is 24.2 Å². The summed E-state index contributed by atoms with van der Waals surface area (Å²) >= 11 is 0. The largest absolute Gasteiger partial charge is 0.376 e. The second kappa shape index (κ2) is 8.83. The highest BCUT2D eigenvalue weighted by Crippen LogP contribution is 2.27. The van der Waals surface area contributed by atoms with Gasteiger partial charge in [0.05, 0.1) is 16.4 Å². The van der Waals surface area contributed by atoms with Crippen LogP contribution < -0.4 is 5.32 Å². The van der Waals surface area contributed by atoms with E-state index in [0.717, 1.165) is 37.0 Å². The molecule has 1 saturated heterocycles. The van der Waals surface area contributed by atoms with Crippen molar-refractivity contribution >= 4 is 27.3 Å². The number of amides is 1. The SMILES string of the molecule is O=C(CNc1ccc(F)c([N+](=O)[O-])c1)N1CCN(S(=O)(=O)c2ccc3c(c2)CCC3)CC1. The van der Waals surface area contributed by atoms with E-state index >= 15 is 0 Å². The number of sulfonamides is 1. The van der Waals surface area contributed by atoms with E-state index in [2.05, 4.69) is 5.32 Å². The summed E-state index contributed by atoms with van der Waals surface area (Å²) in [6.07, 6.45) is 2.92. The molecular weight excluding hydrogens is 439 g/mol. The fourth-order valence-corrected chi connectivity index (χ4v) is 5.56. The number of carbonyl (C=O) groups is 1. The van der Waals surface area contributed by atoms with E-state index < -0.39 is 26.5 Å². The summed E-state index contributed by atoms with van der Waals surface area (Å²) in [6, 6.07) is 8.62. The fourth-order valence-electron chi connectivity index (χ4n) is 4.09. The minimum absolute atomic E-state index is 0.139. The molecule has 0 unspecified atom stereocenters. The van der Waals surface area contributed by atoms with Crippen LogP contribution in [-0.2, 0) is 27.7 Å². The first kappa shape index (κ1) is 22.2. The van der Waals surface area contributed by atoms with Gasteiger partial charge in [0.15, 0.2) is 0 Å². The van der Waals surface area contributed by atoms with Gasteiger partial charge in [0.2, 0.25) is 21.7 Å². The van der Waals surface area contributed by atoms with Crippen LogP contribution in [0.1, 0.15) is 17.5 Å². The Hall–Kier alpha value is -3.05. The average molecular weight is 463 g/mol. The number of aryl methyl sites for hydroxylation is 2. The molecule has 9 nitrogen and oxygen atoms in total. The van der Waals surface area contributed by atoms with E-state index in [4.69, 9.17) is 0 Å². The molecule has 0 spiro atoms. The van der Waals surface area contributed by atoms with E-state index in [1.165, 1.54) is 15.9 Å². The van der Waals surface area contributed by atoms with Crippen LogP contribution in [0.5, 0.6) is 0 Å². The Morgan fingerprint density at radius 3 is 2.50 bits per heavy atom. The molecule has 170 valence electrons. The molecule has 0 saturated carbocycles. The third-order valence-corrected chi connectivity index (χ3v) is 7.78. The van der Waals surface area contributed by atoms with Crippen LogP contribution in [0, 0.1) is 15.9 Å². The Kier molecular flexibility index (Phi) is 6.11. The number of hydrogen-bond acceptors (Lipinski definition) is 6. The monoisotopic (exact) mass is 462 g/mol. The summed E-state index contributed by atoms with van der Waals surface area (Å²) in [4.78, 5) is 24.3. The summed E-state index contributed by atoms with van der Waals surface area (Å²) in [5.74, 6) is -1.22. The van der Waals surface area contributed by atoms with Gasteiger partial charge in [-0.2, -0.15) is 8.70 Å². The molecule has 0 radical (unpaired) electrons. The van der Waals surface area contributed by atoms with E-state index in [1.807, 2.05) is 6.07 Å². The lowest BCUT2D eigenvalue weighted by Crippen LogP contribution is -2.51. The predicted molar refractivity (Wildman–Crippen MR) is 115 cm³/mol. The summed E-state index contributed by atoms with van der Waals surface area (Å²) in [7, 11) is -3.62. The van der Waals surface area contributed by atoms with Gasteiger partial charge in [-0.05, 0) is 54.7 Å². The zero-order chi connectivity index (χ0) is 22.9. The maximum absolute atomic E-state index is 13.4. The topological polar surface area (TPSA) is 113 Å². The van der Waals surface area contributed by atoms with Gasteiger partial charge >= 0.3 is 5.69 Å². The van der Waals surface area contributed by atoms with Gasteiger partial charge in [0.1, 0.15) is 0 Å². The molecule has 11 heteroatoms. The van der Waals surface area contributed by atoms with Crippen LogP contribution in [0.3, 0.4) is 0 Å². The molecule has 1 fully saturated rings. The van der Waals surface area contributed by atoms with Gasteiger partial charge in [-0.1, -0.05) is 6.07 Å². The molecule has 1 N–H and O–H groups in total. The number of piperazine rings is 1. The van der Waals surface area contributed by atoms with Crippen molar-refractivity contribution in [3.8, 4) is 0 Å². The molecule has 2 aromatic rings. The smallest absolute Gasteiger partial charge is 0.306 e. The van der Waals surface area contributed by atoms with Gasteiger partial charge in [-0.15, -0.1) is 0 Å². The van der Waals surface area contributed by atoms with Crippen LogP contribution in [-0.4, -0.2) is 61.2 Å². The van der Waals surface area contributed by atoms with E-state index in [9.17, 15) is 27.7 Å². The first-order chi connectivity index (χ1) is 15.3. The standard InChI is InChI=1S/C21H23FN4O5S/c22-19-7-5-17(13-20(19)26(28)29)23-14-21(27)24-8-10-25(11-9-24)32(30,31)18-6-4-15-2-1-3-16(15)12-18/h4-7,12-13,23H,1-3,8-11,14H2. The van der Waals surface area contributed by atoms with Crippen molar-refractivity contribution in [2.75, 3.05) is 38.0 Å². The maximum Gasteiger partial charge on any atom is 0.306 e. The number of carbonyl (C=O) groups excluding carboxylic acids is 1. The summed E-state index contributed by atoms with van der Waals surface area (Å²) in [5.41, 5.74) is 1.88. The molecule has 2 aromatic carbocycles. The minimum atomic E-state index is -3.62. The van der Waals surface area contributed by atoms with Crippen LogP contribution in [0.2, 0.25) is 0 Å². The number of nitrogens with zero attached hydrogens (tertiary/aromatic N) is 3. The Bertz CT molecular complexity index is 1160. The van der Waals surface area contributed by atoms with Gasteiger partial charge in [0, 0.05) is 37.9 Å².